The topological polar surface area (TPSA) is 60.8 Å². The van der Waals surface area contributed by atoms with Gasteiger partial charge in [-0.3, -0.25) is 4.79 Å². The molecule has 1 amide bonds. The molecule has 4 nitrogen and oxygen atoms in total. The van der Waals surface area contributed by atoms with Gasteiger partial charge in [-0.05, 0) is 42.0 Å². The predicted molar refractivity (Wildman–Crippen MR) is 96.2 cm³/mol. The van der Waals surface area contributed by atoms with Gasteiger partial charge in [0.15, 0.2) is 0 Å². The van der Waals surface area contributed by atoms with Gasteiger partial charge in [-0.1, -0.05) is 30.3 Å². The first-order valence-electron chi connectivity index (χ1n) is 7.92. The number of likely N-dealkylation sites (tertiary alicyclic amines) is 1. The molecule has 0 spiro atoms. The third kappa shape index (κ3) is 3.34. The summed E-state index contributed by atoms with van der Waals surface area (Å²) in [5, 5.41) is 19.4. The van der Waals surface area contributed by atoms with Gasteiger partial charge in [0.05, 0.1) is 13.2 Å². The van der Waals surface area contributed by atoms with E-state index in [1.807, 2.05) is 36.6 Å². The van der Waals surface area contributed by atoms with E-state index in [4.69, 9.17) is 0 Å². The number of aliphatic hydroxyl groups is 2. The average molecular weight is 343 g/mol. The summed E-state index contributed by atoms with van der Waals surface area (Å²) in [6.07, 6.45) is 2.44. The fraction of sp³-hybridized carbons (Fsp3) is 0.316. The van der Waals surface area contributed by atoms with E-state index in [1.54, 1.807) is 22.7 Å². The Bertz CT molecular complexity index is 749. The molecule has 1 atom stereocenters. The molecule has 0 aromatic heterocycles. The summed E-state index contributed by atoms with van der Waals surface area (Å²) in [5.41, 5.74) is 1.54. The minimum Gasteiger partial charge on any atom is -0.393 e. The van der Waals surface area contributed by atoms with Crippen LogP contribution in [0.4, 0.5) is 0 Å². The number of hydrogen-bond acceptors (Lipinski definition) is 4. The number of rotatable bonds is 4. The van der Waals surface area contributed by atoms with Gasteiger partial charge >= 0.3 is 0 Å². The summed E-state index contributed by atoms with van der Waals surface area (Å²) in [4.78, 5) is 15.5. The first kappa shape index (κ1) is 17.0. The molecule has 3 rings (SSSR count). The van der Waals surface area contributed by atoms with Crippen LogP contribution in [0, 0.1) is 0 Å². The SMILES string of the molecule is CSc1ccccc1-c1cccc(C(=O)N2CC[C@@](O)(CO)C2)c1. The van der Waals surface area contributed by atoms with Crippen molar-refractivity contribution in [1.82, 2.24) is 4.90 Å². The van der Waals surface area contributed by atoms with Crippen LogP contribution in [0.2, 0.25) is 0 Å². The monoisotopic (exact) mass is 343 g/mol. The Balaban J connectivity index is 1.87. The maximum atomic E-state index is 12.7. The smallest absolute Gasteiger partial charge is 0.253 e. The van der Waals surface area contributed by atoms with Gasteiger partial charge in [0.1, 0.15) is 5.60 Å². The second kappa shape index (κ2) is 6.97. The number of nitrogens with zero attached hydrogens (tertiary/aromatic N) is 1. The predicted octanol–water partition coefficient (Wildman–Crippen LogP) is 2.64. The van der Waals surface area contributed by atoms with Crippen LogP contribution in [0.1, 0.15) is 16.8 Å². The maximum Gasteiger partial charge on any atom is 0.253 e. The number of thioether (sulfide) groups is 1. The van der Waals surface area contributed by atoms with Crippen molar-refractivity contribution < 1.29 is 15.0 Å². The Morgan fingerprint density at radius 3 is 2.75 bits per heavy atom. The summed E-state index contributed by atoms with van der Waals surface area (Å²) in [7, 11) is 0. The van der Waals surface area contributed by atoms with Gasteiger partial charge in [0.25, 0.3) is 5.91 Å². The zero-order valence-electron chi connectivity index (χ0n) is 13.6. The van der Waals surface area contributed by atoms with Crippen LogP contribution in [0.3, 0.4) is 0 Å². The molecule has 1 heterocycles. The fourth-order valence-electron chi connectivity index (χ4n) is 3.04. The van der Waals surface area contributed by atoms with Crippen LogP contribution < -0.4 is 0 Å². The second-order valence-electron chi connectivity index (χ2n) is 6.14. The van der Waals surface area contributed by atoms with Crippen LogP contribution in [0.5, 0.6) is 0 Å². The van der Waals surface area contributed by atoms with Crippen molar-refractivity contribution in [2.24, 2.45) is 0 Å². The standard InChI is InChI=1S/C19H21NO3S/c1-24-17-8-3-2-7-16(17)14-5-4-6-15(11-14)18(22)20-10-9-19(23,12-20)13-21/h2-8,11,21,23H,9-10,12-13H2,1H3/t19-/m0/s1. The third-order valence-electron chi connectivity index (χ3n) is 4.44. The van der Waals surface area contributed by atoms with Crippen LogP contribution in [0.25, 0.3) is 11.1 Å². The Kier molecular flexibility index (Phi) is 4.94. The van der Waals surface area contributed by atoms with Crippen molar-refractivity contribution in [2.45, 2.75) is 16.9 Å². The van der Waals surface area contributed by atoms with Gasteiger partial charge in [-0.2, -0.15) is 0 Å². The van der Waals surface area contributed by atoms with E-state index >= 15 is 0 Å². The normalized spacial score (nSPS) is 20.4. The molecule has 0 unspecified atom stereocenters. The van der Waals surface area contributed by atoms with Crippen molar-refractivity contribution in [3.05, 3.63) is 54.1 Å². The summed E-state index contributed by atoms with van der Waals surface area (Å²) in [6.45, 7) is 0.313. The highest BCUT2D eigenvalue weighted by molar-refractivity contribution is 7.98. The van der Waals surface area contributed by atoms with Crippen molar-refractivity contribution in [3.8, 4) is 11.1 Å². The van der Waals surface area contributed by atoms with E-state index in [-0.39, 0.29) is 19.1 Å². The largest absolute Gasteiger partial charge is 0.393 e. The van der Waals surface area contributed by atoms with Crippen molar-refractivity contribution in [2.75, 3.05) is 26.0 Å². The first-order chi connectivity index (χ1) is 11.6. The molecule has 0 aliphatic carbocycles. The van der Waals surface area contributed by atoms with Crippen LogP contribution >= 0.6 is 11.8 Å². The van der Waals surface area contributed by atoms with Gasteiger partial charge in [0.2, 0.25) is 0 Å². The number of carbonyl (C=O) groups excluding carboxylic acids is 1. The Labute approximate surface area is 146 Å². The van der Waals surface area contributed by atoms with Crippen molar-refractivity contribution in [1.29, 1.82) is 0 Å². The molecule has 1 aliphatic heterocycles. The zero-order chi connectivity index (χ0) is 17.2. The lowest BCUT2D eigenvalue weighted by Crippen LogP contribution is -2.38. The summed E-state index contributed by atoms with van der Waals surface area (Å²) in [5.74, 6) is -0.108. The molecule has 2 N–H and O–H groups in total. The van der Waals surface area contributed by atoms with E-state index in [0.29, 0.717) is 18.5 Å². The number of aliphatic hydroxyl groups excluding tert-OH is 1. The van der Waals surface area contributed by atoms with E-state index < -0.39 is 5.60 Å². The van der Waals surface area contributed by atoms with Gasteiger partial charge in [0, 0.05) is 17.0 Å². The lowest BCUT2D eigenvalue weighted by atomic mass is 10.0. The lowest BCUT2D eigenvalue weighted by Gasteiger charge is -2.21. The maximum absolute atomic E-state index is 12.7. The Morgan fingerprint density at radius 2 is 2.04 bits per heavy atom. The quantitative estimate of drug-likeness (QED) is 0.838. The first-order valence-corrected chi connectivity index (χ1v) is 9.15. The molecule has 126 valence electrons. The van der Waals surface area contributed by atoms with E-state index in [0.717, 1.165) is 16.0 Å². The molecule has 5 heteroatoms. The highest BCUT2D eigenvalue weighted by Crippen LogP contribution is 2.31. The third-order valence-corrected chi connectivity index (χ3v) is 5.24. The summed E-state index contributed by atoms with van der Waals surface area (Å²) in [6, 6.07) is 15.7. The highest BCUT2D eigenvalue weighted by atomic mass is 32.2. The number of β-amino-alcohol motifs (C(OH)–C–C–N with tert-alkyl or cyclic N) is 1. The Hall–Kier alpha value is -1.82. The molecular formula is C19H21NO3S. The number of hydrogen-bond donors (Lipinski definition) is 2. The number of carbonyl (C=O) groups is 1. The summed E-state index contributed by atoms with van der Waals surface area (Å²) < 4.78 is 0. The van der Waals surface area contributed by atoms with Crippen LogP contribution in [-0.2, 0) is 0 Å². The van der Waals surface area contributed by atoms with E-state index in [1.165, 1.54) is 0 Å². The van der Waals surface area contributed by atoms with E-state index in [9.17, 15) is 15.0 Å². The molecule has 2 aromatic rings. The van der Waals surface area contributed by atoms with Crippen LogP contribution in [0.15, 0.2) is 53.4 Å². The molecule has 0 bridgehead atoms. The highest BCUT2D eigenvalue weighted by Gasteiger charge is 2.37. The molecule has 24 heavy (non-hydrogen) atoms. The molecule has 1 saturated heterocycles. The molecule has 2 aromatic carbocycles. The number of benzene rings is 2. The minimum absolute atomic E-state index is 0.108. The molecule has 0 saturated carbocycles. The second-order valence-corrected chi connectivity index (χ2v) is 6.99. The average Bonchev–Trinajstić information content (AvgIpc) is 3.04. The van der Waals surface area contributed by atoms with Gasteiger partial charge < -0.3 is 15.1 Å². The zero-order valence-corrected chi connectivity index (χ0v) is 14.4. The molecule has 1 aliphatic rings. The number of amides is 1. The van der Waals surface area contributed by atoms with Gasteiger partial charge in [-0.25, -0.2) is 0 Å². The van der Waals surface area contributed by atoms with Crippen LogP contribution in [-0.4, -0.2) is 52.6 Å². The van der Waals surface area contributed by atoms with Crippen molar-refractivity contribution >= 4 is 17.7 Å². The lowest BCUT2D eigenvalue weighted by molar-refractivity contribution is -0.00455. The molecular weight excluding hydrogens is 322 g/mol. The molecule has 0 radical (unpaired) electrons. The van der Waals surface area contributed by atoms with Crippen molar-refractivity contribution in [3.63, 3.8) is 0 Å². The minimum atomic E-state index is -1.17. The van der Waals surface area contributed by atoms with Gasteiger partial charge in [-0.15, -0.1) is 11.8 Å². The summed E-state index contributed by atoms with van der Waals surface area (Å²) >= 11 is 1.68. The fourth-order valence-corrected chi connectivity index (χ4v) is 3.66. The Morgan fingerprint density at radius 1 is 1.25 bits per heavy atom. The van der Waals surface area contributed by atoms with E-state index in [2.05, 4.69) is 12.1 Å². The molecule has 1 fully saturated rings.